The largest absolute Gasteiger partial charge is 0.458 e. The van der Waals surface area contributed by atoms with Crippen molar-refractivity contribution < 1.29 is 14.3 Å². The van der Waals surface area contributed by atoms with Crippen molar-refractivity contribution in [2.75, 3.05) is 13.2 Å². The van der Waals surface area contributed by atoms with Gasteiger partial charge in [-0.3, -0.25) is 0 Å². The average molecular weight is 191 g/mol. The molecule has 0 N–H and O–H groups in total. The van der Waals surface area contributed by atoms with Crippen LogP contribution in [0.5, 0.6) is 0 Å². The Kier molecular flexibility index (Phi) is 4.02. The summed E-state index contributed by atoms with van der Waals surface area (Å²) in [6.45, 7) is 0.177. The summed E-state index contributed by atoms with van der Waals surface area (Å²) < 4.78 is 9.16. The van der Waals surface area contributed by atoms with Gasteiger partial charge in [-0.15, -0.1) is 0 Å². The summed E-state index contributed by atoms with van der Waals surface area (Å²) in [5, 5.41) is 8.04. The highest BCUT2D eigenvalue weighted by atomic mass is 16.6. The molecule has 0 fully saturated rings. The van der Waals surface area contributed by atoms with E-state index in [-0.39, 0.29) is 13.2 Å². The van der Waals surface area contributed by atoms with Gasteiger partial charge in [0.15, 0.2) is 0 Å². The molecule has 0 spiro atoms. The van der Waals surface area contributed by atoms with Crippen molar-refractivity contribution in [2.24, 2.45) is 0 Å². The van der Waals surface area contributed by atoms with E-state index in [0.29, 0.717) is 5.56 Å². The molecule has 0 unspecified atom stereocenters. The van der Waals surface area contributed by atoms with Crippen LogP contribution in [0.2, 0.25) is 0 Å². The van der Waals surface area contributed by atoms with E-state index < -0.39 is 5.97 Å². The number of esters is 1. The fraction of sp³-hybridized carbons (Fsp3) is 0.200. The molecule has 0 radical (unpaired) electrons. The van der Waals surface area contributed by atoms with Crippen LogP contribution in [0.1, 0.15) is 10.4 Å². The van der Waals surface area contributed by atoms with Gasteiger partial charge >= 0.3 is 5.97 Å². The molecule has 14 heavy (non-hydrogen) atoms. The first-order valence-electron chi connectivity index (χ1n) is 4.07. The highest BCUT2D eigenvalue weighted by Crippen LogP contribution is 2.00. The zero-order valence-electron chi connectivity index (χ0n) is 7.47. The molecule has 4 nitrogen and oxygen atoms in total. The third-order valence-electron chi connectivity index (χ3n) is 1.49. The molecule has 0 aromatic heterocycles. The van der Waals surface area contributed by atoms with E-state index in [1.807, 2.05) is 6.07 Å². The lowest BCUT2D eigenvalue weighted by Gasteiger charge is -2.02. The maximum atomic E-state index is 11.2. The van der Waals surface area contributed by atoms with Gasteiger partial charge < -0.3 is 9.47 Å². The first-order valence-corrected chi connectivity index (χ1v) is 4.07. The second-order valence-corrected chi connectivity index (χ2v) is 2.44. The minimum absolute atomic E-state index is 0.0846. The Morgan fingerprint density at radius 3 is 2.64 bits per heavy atom. The SMILES string of the molecule is N#COCCOC(=O)c1ccccc1. The Balaban J connectivity index is 2.33. The summed E-state index contributed by atoms with van der Waals surface area (Å²) in [6, 6.07) is 8.64. The molecule has 0 aliphatic rings. The maximum absolute atomic E-state index is 11.2. The Labute approximate surface area is 81.7 Å². The zero-order valence-corrected chi connectivity index (χ0v) is 7.47. The minimum atomic E-state index is -0.410. The van der Waals surface area contributed by atoms with Gasteiger partial charge in [0.05, 0.1) is 5.56 Å². The molecular formula is C10H9NO3. The second kappa shape index (κ2) is 5.60. The molecule has 0 aliphatic heterocycles. The molecule has 72 valence electrons. The number of ether oxygens (including phenoxy) is 2. The topological polar surface area (TPSA) is 59.3 Å². The molecule has 0 saturated heterocycles. The van der Waals surface area contributed by atoms with Gasteiger partial charge in [-0.25, -0.2) is 4.79 Å². The Bertz CT molecular complexity index is 329. The minimum Gasteiger partial charge on any atom is -0.458 e. The molecule has 1 aromatic carbocycles. The predicted molar refractivity (Wildman–Crippen MR) is 48.3 cm³/mol. The van der Waals surface area contributed by atoms with E-state index in [4.69, 9.17) is 10.00 Å². The molecule has 1 rings (SSSR count). The number of carbonyl (C=O) groups is 1. The monoisotopic (exact) mass is 191 g/mol. The molecule has 1 aromatic rings. The molecule has 0 heterocycles. The summed E-state index contributed by atoms with van der Waals surface area (Å²) in [6.07, 6.45) is 1.49. The van der Waals surface area contributed by atoms with Crippen LogP contribution in [0.3, 0.4) is 0 Å². The third kappa shape index (κ3) is 3.15. The van der Waals surface area contributed by atoms with Crippen LogP contribution in [0.15, 0.2) is 30.3 Å². The standard InChI is InChI=1S/C10H9NO3/c11-8-13-6-7-14-10(12)9-4-2-1-3-5-9/h1-5H,6-7H2. The Morgan fingerprint density at radius 1 is 1.29 bits per heavy atom. The summed E-state index contributed by atoms with van der Waals surface area (Å²) in [4.78, 5) is 11.2. The normalized spacial score (nSPS) is 8.79. The predicted octanol–water partition coefficient (Wildman–Crippen LogP) is 1.34. The lowest BCUT2D eigenvalue weighted by atomic mass is 10.2. The van der Waals surface area contributed by atoms with Crippen LogP contribution < -0.4 is 0 Å². The summed E-state index contributed by atoms with van der Waals surface area (Å²) >= 11 is 0. The van der Waals surface area contributed by atoms with Crippen molar-refractivity contribution in [3.8, 4) is 6.26 Å². The van der Waals surface area contributed by atoms with Gasteiger partial charge in [0.1, 0.15) is 13.2 Å². The highest BCUT2D eigenvalue weighted by Gasteiger charge is 2.04. The van der Waals surface area contributed by atoms with Gasteiger partial charge in [0.25, 0.3) is 6.26 Å². The van der Waals surface area contributed by atoms with E-state index in [2.05, 4.69) is 4.74 Å². The molecule has 4 heteroatoms. The summed E-state index contributed by atoms with van der Waals surface area (Å²) in [7, 11) is 0. The van der Waals surface area contributed by atoms with Crippen LogP contribution in [-0.2, 0) is 9.47 Å². The highest BCUT2D eigenvalue weighted by molar-refractivity contribution is 5.89. The van der Waals surface area contributed by atoms with Crippen LogP contribution in [0.4, 0.5) is 0 Å². The number of rotatable bonds is 4. The number of hydrogen-bond acceptors (Lipinski definition) is 4. The first-order chi connectivity index (χ1) is 6.84. The molecule has 0 atom stereocenters. The van der Waals surface area contributed by atoms with Crippen LogP contribution in [0.25, 0.3) is 0 Å². The maximum Gasteiger partial charge on any atom is 0.338 e. The van der Waals surface area contributed by atoms with Crippen LogP contribution >= 0.6 is 0 Å². The molecule has 0 saturated carbocycles. The Hall–Kier alpha value is -2.02. The van der Waals surface area contributed by atoms with Crippen molar-refractivity contribution in [1.82, 2.24) is 0 Å². The lowest BCUT2D eigenvalue weighted by Crippen LogP contribution is -2.09. The van der Waals surface area contributed by atoms with Gasteiger partial charge in [0, 0.05) is 0 Å². The van der Waals surface area contributed by atoms with Crippen molar-refractivity contribution in [3.63, 3.8) is 0 Å². The number of hydrogen-bond donors (Lipinski definition) is 0. The fourth-order valence-corrected chi connectivity index (χ4v) is 0.879. The smallest absolute Gasteiger partial charge is 0.338 e. The van der Waals surface area contributed by atoms with E-state index in [9.17, 15) is 4.79 Å². The van der Waals surface area contributed by atoms with Crippen molar-refractivity contribution in [3.05, 3.63) is 35.9 Å². The van der Waals surface area contributed by atoms with E-state index in [0.717, 1.165) is 0 Å². The van der Waals surface area contributed by atoms with Gasteiger partial charge in [0.2, 0.25) is 0 Å². The second-order valence-electron chi connectivity index (χ2n) is 2.44. The number of nitrogens with zero attached hydrogens (tertiary/aromatic N) is 1. The van der Waals surface area contributed by atoms with E-state index in [1.165, 1.54) is 6.26 Å². The number of carbonyl (C=O) groups excluding carboxylic acids is 1. The molecule has 0 amide bonds. The van der Waals surface area contributed by atoms with E-state index in [1.54, 1.807) is 24.3 Å². The zero-order chi connectivity index (χ0) is 10.2. The van der Waals surface area contributed by atoms with Crippen molar-refractivity contribution in [2.45, 2.75) is 0 Å². The fourth-order valence-electron chi connectivity index (χ4n) is 0.879. The van der Waals surface area contributed by atoms with Crippen molar-refractivity contribution >= 4 is 5.97 Å². The lowest BCUT2D eigenvalue weighted by molar-refractivity contribution is 0.0430. The average Bonchev–Trinajstić information content (AvgIpc) is 2.25. The van der Waals surface area contributed by atoms with Gasteiger partial charge in [-0.2, -0.15) is 5.26 Å². The van der Waals surface area contributed by atoms with Crippen molar-refractivity contribution in [1.29, 1.82) is 5.26 Å². The number of benzene rings is 1. The quantitative estimate of drug-likeness (QED) is 0.409. The number of nitriles is 1. The molecule has 0 aliphatic carbocycles. The summed E-state index contributed by atoms with van der Waals surface area (Å²) in [5.74, 6) is -0.410. The third-order valence-corrected chi connectivity index (χ3v) is 1.49. The summed E-state index contributed by atoms with van der Waals surface area (Å²) in [5.41, 5.74) is 0.490. The first kappa shape index (κ1) is 10.1. The van der Waals surface area contributed by atoms with Crippen LogP contribution in [0, 0.1) is 11.5 Å². The van der Waals surface area contributed by atoms with Crippen LogP contribution in [-0.4, -0.2) is 19.2 Å². The van der Waals surface area contributed by atoms with E-state index >= 15 is 0 Å². The molecule has 0 bridgehead atoms. The van der Waals surface area contributed by atoms with Gasteiger partial charge in [-0.05, 0) is 12.1 Å². The molecular weight excluding hydrogens is 182 g/mol. The van der Waals surface area contributed by atoms with Gasteiger partial charge in [-0.1, -0.05) is 18.2 Å². The Morgan fingerprint density at radius 2 is 2.00 bits per heavy atom.